The molecule has 0 bridgehead atoms. The van der Waals surface area contributed by atoms with Gasteiger partial charge in [0.1, 0.15) is 18.2 Å². The Hall–Kier alpha value is -4.34. The molecule has 10 heteroatoms. The molecule has 1 unspecified atom stereocenters. The van der Waals surface area contributed by atoms with Gasteiger partial charge in [-0.3, -0.25) is 14.6 Å². The summed E-state index contributed by atoms with van der Waals surface area (Å²) in [6.45, 7) is 20.7. The van der Waals surface area contributed by atoms with Crippen LogP contribution in [-0.4, -0.2) is 59.0 Å². The SMILES string of the molecule is C=C(C)OCC(CCCC)N(C)C(C)=O.CC(C)=O.CCOC(=O)CC.CCc1cccc(F)c1O.Cc1cc2cc(F)ccc2cn1. The van der Waals surface area contributed by atoms with Crippen molar-refractivity contribution in [2.45, 2.75) is 100 Å². The first-order valence-corrected chi connectivity index (χ1v) is 16.2. The van der Waals surface area contributed by atoms with Gasteiger partial charge in [-0.15, -0.1) is 0 Å². The smallest absolute Gasteiger partial charge is 0.305 e. The zero-order valence-electron chi connectivity index (χ0n) is 30.5. The second-order valence-electron chi connectivity index (χ2n) is 10.9. The number of Topliss-reactive ketones (excluding diaryl/α,β-unsaturated/α-hetero) is 1. The molecule has 0 radical (unpaired) electrons. The quantitative estimate of drug-likeness (QED) is 0.169. The average molecular weight is 675 g/mol. The third kappa shape index (κ3) is 22.2. The Morgan fingerprint density at radius 1 is 0.958 bits per heavy atom. The molecule has 268 valence electrons. The highest BCUT2D eigenvalue weighted by Gasteiger charge is 2.17. The summed E-state index contributed by atoms with van der Waals surface area (Å²) in [5.41, 5.74) is 1.56. The van der Waals surface area contributed by atoms with Gasteiger partial charge < -0.3 is 24.3 Å². The normalized spacial score (nSPS) is 10.2. The van der Waals surface area contributed by atoms with Crippen LogP contribution >= 0.6 is 0 Å². The van der Waals surface area contributed by atoms with Crippen molar-refractivity contribution in [3.63, 3.8) is 0 Å². The first-order chi connectivity index (χ1) is 22.5. The molecule has 0 aliphatic rings. The van der Waals surface area contributed by atoms with Gasteiger partial charge in [-0.05, 0) is 88.7 Å². The minimum atomic E-state index is -0.542. The number of benzene rings is 2. The van der Waals surface area contributed by atoms with E-state index >= 15 is 0 Å². The van der Waals surface area contributed by atoms with Crippen molar-refractivity contribution in [1.82, 2.24) is 9.88 Å². The lowest BCUT2D eigenvalue weighted by atomic mass is 10.1. The maximum Gasteiger partial charge on any atom is 0.305 e. The molecule has 3 rings (SSSR count). The first kappa shape index (κ1) is 45.8. The molecular weight excluding hydrogens is 618 g/mol. The van der Waals surface area contributed by atoms with Gasteiger partial charge in [0, 0.05) is 37.7 Å². The molecule has 0 saturated heterocycles. The van der Waals surface area contributed by atoms with Crippen LogP contribution in [0, 0.1) is 18.6 Å². The van der Waals surface area contributed by atoms with Crippen molar-refractivity contribution in [3.8, 4) is 5.75 Å². The van der Waals surface area contributed by atoms with E-state index in [1.165, 1.54) is 32.0 Å². The fraction of sp³-hybridized carbons (Fsp3) is 0.474. The minimum Gasteiger partial charge on any atom is -0.505 e. The Morgan fingerprint density at radius 2 is 1.58 bits per heavy atom. The van der Waals surface area contributed by atoms with Crippen LogP contribution in [0.25, 0.3) is 10.8 Å². The molecule has 2 aromatic carbocycles. The van der Waals surface area contributed by atoms with E-state index in [1.807, 2.05) is 33.9 Å². The highest BCUT2D eigenvalue weighted by Crippen LogP contribution is 2.20. The van der Waals surface area contributed by atoms with Gasteiger partial charge in [-0.25, -0.2) is 8.78 Å². The lowest BCUT2D eigenvalue weighted by molar-refractivity contribution is -0.142. The maximum atomic E-state index is 12.7. The van der Waals surface area contributed by atoms with Crippen LogP contribution in [0.1, 0.15) is 92.3 Å². The van der Waals surface area contributed by atoms with Gasteiger partial charge >= 0.3 is 5.97 Å². The van der Waals surface area contributed by atoms with E-state index in [0.29, 0.717) is 37.4 Å². The number of phenols is 1. The number of likely N-dealkylation sites (N-methyl/N-ethyl adjacent to an activating group) is 1. The molecule has 0 spiro atoms. The number of ketones is 1. The number of para-hydroxylation sites is 1. The summed E-state index contributed by atoms with van der Waals surface area (Å²) in [7, 11) is 1.82. The highest BCUT2D eigenvalue weighted by atomic mass is 19.1. The van der Waals surface area contributed by atoms with Crippen LogP contribution in [0.3, 0.4) is 0 Å². The lowest BCUT2D eigenvalue weighted by Gasteiger charge is -2.27. The molecular formula is C38H56F2N2O6. The number of unbranched alkanes of at least 4 members (excludes halogenated alkanes) is 1. The Kier molecular flexibility index (Phi) is 25.5. The predicted octanol–water partition coefficient (Wildman–Crippen LogP) is 8.90. The van der Waals surface area contributed by atoms with Crippen molar-refractivity contribution in [2.24, 2.45) is 0 Å². The van der Waals surface area contributed by atoms with E-state index in [2.05, 4.69) is 23.2 Å². The number of phenolic OH excluding ortho intramolecular Hbond substituents is 1. The van der Waals surface area contributed by atoms with E-state index in [1.54, 1.807) is 50.1 Å². The number of carbonyl (C=O) groups is 3. The third-order valence-electron chi connectivity index (χ3n) is 6.32. The fourth-order valence-electron chi connectivity index (χ4n) is 3.65. The Balaban J connectivity index is 0. The van der Waals surface area contributed by atoms with E-state index in [-0.39, 0.29) is 35.3 Å². The summed E-state index contributed by atoms with van der Waals surface area (Å²) < 4.78 is 35.2. The molecule has 8 nitrogen and oxygen atoms in total. The van der Waals surface area contributed by atoms with Crippen LogP contribution in [0.5, 0.6) is 5.75 Å². The molecule has 3 aromatic rings. The number of fused-ring (bicyclic) bond motifs is 1. The molecule has 1 heterocycles. The molecule has 48 heavy (non-hydrogen) atoms. The molecule has 1 aromatic heterocycles. The number of carbonyl (C=O) groups excluding carboxylic acids is 3. The van der Waals surface area contributed by atoms with Crippen molar-refractivity contribution in [3.05, 3.63) is 83.9 Å². The number of rotatable bonds is 10. The van der Waals surface area contributed by atoms with Crippen LogP contribution in [0.4, 0.5) is 8.78 Å². The Bertz CT molecular complexity index is 1360. The molecule has 0 fully saturated rings. The van der Waals surface area contributed by atoms with Gasteiger partial charge in [-0.1, -0.05) is 52.3 Å². The largest absolute Gasteiger partial charge is 0.505 e. The summed E-state index contributed by atoms with van der Waals surface area (Å²) in [5, 5.41) is 10.9. The zero-order chi connectivity index (χ0) is 37.2. The molecule has 0 aliphatic heterocycles. The zero-order valence-corrected chi connectivity index (χ0v) is 30.5. The predicted molar refractivity (Wildman–Crippen MR) is 190 cm³/mol. The van der Waals surface area contributed by atoms with E-state index in [0.717, 1.165) is 35.7 Å². The first-order valence-electron chi connectivity index (χ1n) is 16.2. The van der Waals surface area contributed by atoms with Crippen LogP contribution in [0.15, 0.2) is 61.0 Å². The Labute approximate surface area is 286 Å². The summed E-state index contributed by atoms with van der Waals surface area (Å²) in [6.07, 6.45) is 6.12. The van der Waals surface area contributed by atoms with Crippen LogP contribution in [-0.2, 0) is 30.3 Å². The monoisotopic (exact) mass is 674 g/mol. The number of pyridine rings is 1. The van der Waals surface area contributed by atoms with Gasteiger partial charge in [0.2, 0.25) is 5.91 Å². The van der Waals surface area contributed by atoms with E-state index in [9.17, 15) is 23.2 Å². The van der Waals surface area contributed by atoms with E-state index in [4.69, 9.17) is 9.84 Å². The van der Waals surface area contributed by atoms with Crippen molar-refractivity contribution in [2.75, 3.05) is 20.3 Å². The Morgan fingerprint density at radius 3 is 2.04 bits per heavy atom. The van der Waals surface area contributed by atoms with Crippen LogP contribution < -0.4 is 0 Å². The number of halogens is 2. The highest BCUT2D eigenvalue weighted by molar-refractivity contribution is 5.81. The van der Waals surface area contributed by atoms with E-state index < -0.39 is 5.82 Å². The van der Waals surface area contributed by atoms with Gasteiger partial charge in [-0.2, -0.15) is 0 Å². The maximum absolute atomic E-state index is 12.7. The number of hydrogen-bond donors (Lipinski definition) is 1. The number of aryl methyl sites for hydroxylation is 2. The third-order valence-corrected chi connectivity index (χ3v) is 6.32. The average Bonchev–Trinajstić information content (AvgIpc) is 3.02. The molecule has 1 amide bonds. The van der Waals surface area contributed by atoms with Gasteiger partial charge in [0.15, 0.2) is 11.6 Å². The summed E-state index contributed by atoms with van der Waals surface area (Å²) in [4.78, 5) is 36.7. The van der Waals surface area contributed by atoms with Crippen molar-refractivity contribution < 1.29 is 37.7 Å². The molecule has 0 aliphatic carbocycles. The summed E-state index contributed by atoms with van der Waals surface area (Å²) in [6, 6.07) is 11.3. The number of allylic oxidation sites excluding steroid dienone is 1. The number of hydrogen-bond acceptors (Lipinski definition) is 7. The van der Waals surface area contributed by atoms with Gasteiger partial charge in [0.25, 0.3) is 0 Å². The lowest BCUT2D eigenvalue weighted by Crippen LogP contribution is -2.38. The number of esters is 1. The summed E-state index contributed by atoms with van der Waals surface area (Å²) >= 11 is 0. The topological polar surface area (TPSA) is 106 Å². The molecule has 0 saturated carbocycles. The minimum absolute atomic E-state index is 0.0846. The van der Waals surface area contributed by atoms with Crippen LogP contribution in [0.2, 0.25) is 0 Å². The number of aromatic hydroxyl groups is 1. The van der Waals surface area contributed by atoms with Crippen molar-refractivity contribution in [1.29, 1.82) is 0 Å². The van der Waals surface area contributed by atoms with Gasteiger partial charge in [0.05, 0.1) is 18.4 Å². The molecule has 1 N–H and O–H groups in total. The number of amides is 1. The number of nitrogens with zero attached hydrogens (tertiary/aromatic N) is 2. The fourth-order valence-corrected chi connectivity index (χ4v) is 3.65. The second kappa shape index (κ2) is 26.7. The second-order valence-corrected chi connectivity index (χ2v) is 10.9. The number of ether oxygens (including phenoxy) is 2. The summed E-state index contributed by atoms with van der Waals surface area (Å²) in [5.74, 6) is -0.130. The standard InChI is InChI=1S/C12H23NO2.C10H8FN.C8H9FO.C5H10O2.C3H6O/c1-6-7-8-12(9-15-10(2)3)13(5)11(4)14;1-7-4-9-5-10(11)3-2-8(9)6-12-7;1-2-6-4-3-5-7(9)8(6)10;1-3-5(6)7-4-2;1-3(2)4/h12H,2,6-9H2,1,3-5H3;2-6H,1H3;3-5,10H,2H2,1H3;3-4H2,1-2H3;1-2H3. The number of aromatic nitrogens is 1. The van der Waals surface area contributed by atoms with Crippen molar-refractivity contribution >= 4 is 28.4 Å². The molecule has 1 atom stereocenters.